The van der Waals surface area contributed by atoms with Crippen LogP contribution in [0.3, 0.4) is 0 Å². The Bertz CT molecular complexity index is 1300. The summed E-state index contributed by atoms with van der Waals surface area (Å²) in [6, 6.07) is 7.83. The van der Waals surface area contributed by atoms with Crippen LogP contribution >= 0.6 is 0 Å². The van der Waals surface area contributed by atoms with Crippen LogP contribution in [0.4, 0.5) is 16.3 Å². The Balaban J connectivity index is 1.11. The molecule has 12 heteroatoms. The highest BCUT2D eigenvalue weighted by atomic mass is 16.8. The number of nitrogens with one attached hydrogen (secondary N) is 2. The van der Waals surface area contributed by atoms with Gasteiger partial charge in [0.1, 0.15) is 30.2 Å². The number of carbonyl (C=O) groups excluding carboxylic acids is 1. The number of aryl methyl sites for hydroxylation is 1. The van der Waals surface area contributed by atoms with Crippen molar-refractivity contribution in [3.8, 4) is 0 Å². The van der Waals surface area contributed by atoms with E-state index in [4.69, 9.17) is 19.9 Å². The summed E-state index contributed by atoms with van der Waals surface area (Å²) in [7, 11) is 2.04. The quantitative estimate of drug-likeness (QED) is 0.305. The van der Waals surface area contributed by atoms with Crippen LogP contribution in [0.25, 0.3) is 11.2 Å². The van der Waals surface area contributed by atoms with Gasteiger partial charge in [-0.1, -0.05) is 25.5 Å². The first-order valence-electron chi connectivity index (χ1n) is 14.0. The van der Waals surface area contributed by atoms with Gasteiger partial charge in [-0.2, -0.15) is 0 Å². The molecule has 0 bridgehead atoms. The van der Waals surface area contributed by atoms with E-state index in [2.05, 4.69) is 49.5 Å². The van der Waals surface area contributed by atoms with Gasteiger partial charge in [0.05, 0.1) is 6.33 Å². The van der Waals surface area contributed by atoms with Crippen molar-refractivity contribution >= 4 is 28.7 Å². The molecule has 2 saturated heterocycles. The molecule has 0 unspecified atom stereocenters. The smallest absolute Gasteiger partial charge is 0.319 e. The molecular formula is C28H40N8O4. The van der Waals surface area contributed by atoms with Crippen LogP contribution in [0.15, 0.2) is 36.9 Å². The third-order valence-corrected chi connectivity index (χ3v) is 7.31. The van der Waals surface area contributed by atoms with E-state index in [0.717, 1.165) is 25.1 Å². The van der Waals surface area contributed by atoms with E-state index in [0.29, 0.717) is 30.1 Å². The summed E-state index contributed by atoms with van der Waals surface area (Å²) in [6.07, 6.45) is 6.00. The Morgan fingerprint density at radius 3 is 2.67 bits per heavy atom. The topological polar surface area (TPSA) is 142 Å². The molecule has 2 fully saturated rings. The number of imidazole rings is 1. The van der Waals surface area contributed by atoms with Gasteiger partial charge in [-0.3, -0.25) is 4.57 Å². The van der Waals surface area contributed by atoms with Crippen molar-refractivity contribution in [3.63, 3.8) is 0 Å². The molecule has 3 aromatic rings. The Hall–Kier alpha value is -3.32. The number of likely N-dealkylation sites (N-methyl/N-ethyl adjacent to an activating group) is 1. The van der Waals surface area contributed by atoms with Crippen molar-refractivity contribution in [2.24, 2.45) is 0 Å². The first-order chi connectivity index (χ1) is 19.2. The van der Waals surface area contributed by atoms with Gasteiger partial charge in [-0.15, -0.1) is 0 Å². The fourth-order valence-corrected chi connectivity index (χ4v) is 5.35. The van der Waals surface area contributed by atoms with Crippen molar-refractivity contribution in [2.45, 2.75) is 76.8 Å². The predicted molar refractivity (Wildman–Crippen MR) is 152 cm³/mol. The third kappa shape index (κ3) is 6.35. The number of aromatic nitrogens is 4. The van der Waals surface area contributed by atoms with E-state index in [1.165, 1.54) is 24.7 Å². The molecule has 0 aliphatic carbocycles. The van der Waals surface area contributed by atoms with Crippen molar-refractivity contribution in [1.29, 1.82) is 0 Å². The lowest BCUT2D eigenvalue weighted by Crippen LogP contribution is -2.39. The van der Waals surface area contributed by atoms with Crippen LogP contribution in [-0.2, 0) is 20.6 Å². The van der Waals surface area contributed by atoms with Gasteiger partial charge >= 0.3 is 6.03 Å². The SMILES string of the molecule is CCCCc1ccc(NC(=O)NCCCN(C)C[C@H]2O[C@@H](n3cnc4c(N)ncnc43)[C@@H]3OC(C)(C)O[C@@H]32)cc1. The van der Waals surface area contributed by atoms with Gasteiger partial charge in [0.25, 0.3) is 0 Å². The minimum absolute atomic E-state index is 0.204. The summed E-state index contributed by atoms with van der Waals surface area (Å²) in [5, 5.41) is 5.84. The number of unbranched alkanes of at least 4 members (excludes halogenated alkanes) is 1. The summed E-state index contributed by atoms with van der Waals surface area (Å²) >= 11 is 0. The minimum Gasteiger partial charge on any atom is -0.382 e. The molecule has 2 amide bonds. The minimum atomic E-state index is -0.730. The molecule has 4 N–H and O–H groups in total. The molecule has 40 heavy (non-hydrogen) atoms. The molecule has 4 heterocycles. The summed E-state index contributed by atoms with van der Waals surface area (Å²) in [5.41, 5.74) is 9.19. The Morgan fingerprint density at radius 1 is 1.12 bits per heavy atom. The number of nitrogens with two attached hydrogens (primary N) is 1. The zero-order valence-electron chi connectivity index (χ0n) is 23.7. The summed E-state index contributed by atoms with van der Waals surface area (Å²) in [4.78, 5) is 27.3. The standard InChI is InChI=1S/C28H40N8O4/c1-5-6-8-18-9-11-19(12-10-18)34-27(37)30-13-7-14-35(4)15-20-22-23(40-28(2,3)39-22)26(38-20)36-17-33-21-24(29)31-16-32-25(21)36/h9-12,16-17,20,22-23,26H,5-8,13-15H2,1-4H3,(H2,29,31,32)(H2,30,34,37)/t20-,22-,23-,26-/m1/s1. The molecule has 0 saturated carbocycles. The van der Waals surface area contributed by atoms with Gasteiger partial charge in [0.2, 0.25) is 0 Å². The zero-order valence-corrected chi connectivity index (χ0v) is 23.7. The van der Waals surface area contributed by atoms with Gasteiger partial charge < -0.3 is 35.5 Å². The number of benzene rings is 1. The van der Waals surface area contributed by atoms with E-state index in [-0.39, 0.29) is 24.3 Å². The number of urea groups is 1. The molecule has 216 valence electrons. The maximum absolute atomic E-state index is 12.3. The first kappa shape index (κ1) is 28.2. The largest absolute Gasteiger partial charge is 0.382 e. The number of nitrogens with zero attached hydrogens (tertiary/aromatic N) is 5. The van der Waals surface area contributed by atoms with Crippen LogP contribution in [0.5, 0.6) is 0 Å². The second-order valence-corrected chi connectivity index (χ2v) is 11.0. The lowest BCUT2D eigenvalue weighted by molar-refractivity contribution is -0.197. The van der Waals surface area contributed by atoms with Crippen LogP contribution in [0.1, 0.15) is 51.8 Å². The van der Waals surface area contributed by atoms with Crippen LogP contribution in [-0.4, -0.2) is 81.2 Å². The number of rotatable bonds is 11. The van der Waals surface area contributed by atoms with Gasteiger partial charge in [-0.05, 0) is 64.4 Å². The number of hydrogen-bond donors (Lipinski definition) is 3. The normalized spacial score (nSPS) is 23.5. The van der Waals surface area contributed by atoms with E-state index < -0.39 is 12.0 Å². The van der Waals surface area contributed by atoms with Gasteiger partial charge in [-0.25, -0.2) is 19.7 Å². The van der Waals surface area contributed by atoms with Gasteiger partial charge in [0.15, 0.2) is 23.5 Å². The number of nitrogen functional groups attached to an aromatic ring is 1. The fourth-order valence-electron chi connectivity index (χ4n) is 5.35. The first-order valence-corrected chi connectivity index (χ1v) is 14.0. The van der Waals surface area contributed by atoms with Crippen molar-refractivity contribution < 1.29 is 19.0 Å². The van der Waals surface area contributed by atoms with Crippen LogP contribution in [0.2, 0.25) is 0 Å². The number of amides is 2. The number of carbonyl (C=O) groups is 1. The fraction of sp³-hybridized carbons (Fsp3) is 0.571. The summed E-state index contributed by atoms with van der Waals surface area (Å²) < 4.78 is 20.8. The number of anilines is 2. The van der Waals surface area contributed by atoms with Crippen LogP contribution < -0.4 is 16.4 Å². The van der Waals surface area contributed by atoms with Crippen molar-refractivity contribution in [2.75, 3.05) is 37.7 Å². The maximum atomic E-state index is 12.3. The lowest BCUT2D eigenvalue weighted by Gasteiger charge is -2.27. The maximum Gasteiger partial charge on any atom is 0.319 e. The van der Waals surface area contributed by atoms with Crippen LogP contribution in [0, 0.1) is 0 Å². The van der Waals surface area contributed by atoms with E-state index >= 15 is 0 Å². The summed E-state index contributed by atoms with van der Waals surface area (Å²) in [5.74, 6) is -0.410. The van der Waals surface area contributed by atoms with Crippen molar-refractivity contribution in [1.82, 2.24) is 29.7 Å². The van der Waals surface area contributed by atoms with Crippen molar-refractivity contribution in [3.05, 3.63) is 42.5 Å². The monoisotopic (exact) mass is 552 g/mol. The molecule has 4 atom stereocenters. The number of hydrogen-bond acceptors (Lipinski definition) is 9. The van der Waals surface area contributed by atoms with E-state index in [9.17, 15) is 4.79 Å². The third-order valence-electron chi connectivity index (χ3n) is 7.31. The molecular weight excluding hydrogens is 512 g/mol. The average Bonchev–Trinajstić information content (AvgIpc) is 3.58. The second kappa shape index (κ2) is 12.0. The molecule has 1 aromatic carbocycles. The molecule has 12 nitrogen and oxygen atoms in total. The molecule has 0 spiro atoms. The average molecular weight is 553 g/mol. The molecule has 2 aliphatic rings. The van der Waals surface area contributed by atoms with E-state index in [1.807, 2.05) is 37.6 Å². The summed E-state index contributed by atoms with van der Waals surface area (Å²) in [6.45, 7) is 7.97. The predicted octanol–water partition coefficient (Wildman–Crippen LogP) is 3.31. The van der Waals surface area contributed by atoms with Gasteiger partial charge in [0, 0.05) is 18.8 Å². The highest BCUT2D eigenvalue weighted by Crippen LogP contribution is 2.44. The molecule has 5 rings (SSSR count). The highest BCUT2D eigenvalue weighted by molar-refractivity contribution is 5.89. The molecule has 2 aliphatic heterocycles. The second-order valence-electron chi connectivity index (χ2n) is 11.0. The number of ether oxygens (including phenoxy) is 3. The van der Waals surface area contributed by atoms with E-state index in [1.54, 1.807) is 6.33 Å². The Morgan fingerprint density at radius 2 is 1.90 bits per heavy atom. The zero-order chi connectivity index (χ0) is 28.3. The highest BCUT2D eigenvalue weighted by Gasteiger charge is 2.56. The molecule has 0 radical (unpaired) electrons. The molecule has 2 aromatic heterocycles. The number of fused-ring (bicyclic) bond motifs is 2. The Kier molecular flexibility index (Phi) is 8.50. The lowest BCUT2D eigenvalue weighted by atomic mass is 10.1. The Labute approximate surface area is 234 Å².